The molecule has 9 rings (SSSR count). The molecular weight excluding hydrogens is 784 g/mol. The molecule has 62 heavy (non-hydrogen) atoms. The zero-order valence-corrected chi connectivity index (χ0v) is 35.6. The summed E-state index contributed by atoms with van der Waals surface area (Å²) in [5.74, 6) is 0.148. The van der Waals surface area contributed by atoms with Gasteiger partial charge >= 0.3 is 0 Å². The molecule has 0 saturated carbocycles. The zero-order chi connectivity index (χ0) is 42.9. The lowest BCUT2D eigenvalue weighted by Crippen LogP contribution is -2.49. The van der Waals surface area contributed by atoms with E-state index < -0.39 is 6.04 Å². The molecule has 13 nitrogen and oxygen atoms in total. The number of likely N-dealkylation sites (tertiary alicyclic amines) is 1. The first-order valence-electron chi connectivity index (χ1n) is 21.9. The third-order valence-corrected chi connectivity index (χ3v) is 13.3. The number of nitrogens with zero attached hydrogens (tertiary/aromatic N) is 7. The fourth-order valence-electron chi connectivity index (χ4n) is 9.65. The minimum atomic E-state index is -0.552. The largest absolute Gasteiger partial charge is 0.384 e. The Labute approximate surface area is 361 Å². The van der Waals surface area contributed by atoms with Gasteiger partial charge in [0.15, 0.2) is 0 Å². The number of amides is 3. The third-order valence-electron chi connectivity index (χ3n) is 13.3. The topological polar surface area (TPSA) is 145 Å². The molecule has 3 fully saturated rings. The van der Waals surface area contributed by atoms with E-state index in [9.17, 15) is 14.4 Å². The Morgan fingerprint density at radius 2 is 1.71 bits per heavy atom. The highest BCUT2D eigenvalue weighted by molar-refractivity contribution is 6.01. The summed E-state index contributed by atoms with van der Waals surface area (Å²) in [5.41, 5.74) is 15.6. The predicted octanol–water partition coefficient (Wildman–Crippen LogP) is 5.85. The molecule has 14 heteroatoms. The molecule has 3 aromatic heterocycles. The van der Waals surface area contributed by atoms with E-state index in [1.165, 1.54) is 22.9 Å². The fourth-order valence-corrected chi connectivity index (χ4v) is 9.65. The maximum Gasteiger partial charge on any atom is 0.253 e. The number of rotatable bonds is 10. The third kappa shape index (κ3) is 8.80. The summed E-state index contributed by atoms with van der Waals surface area (Å²) < 4.78 is 17.4. The maximum atomic E-state index is 15.2. The second-order valence-corrected chi connectivity index (χ2v) is 17.3. The number of aryl methyl sites for hydroxylation is 2. The molecule has 4 aliphatic rings. The van der Waals surface area contributed by atoms with E-state index in [-0.39, 0.29) is 30.0 Å². The molecule has 1 atom stereocenters. The number of carbonyl (C=O) groups is 3. The van der Waals surface area contributed by atoms with Crippen LogP contribution in [-0.4, -0.2) is 112 Å². The van der Waals surface area contributed by atoms with E-state index >= 15 is 4.39 Å². The number of aromatic nitrogens is 3. The lowest BCUT2D eigenvalue weighted by Gasteiger charge is -2.39. The molecule has 322 valence electrons. The fraction of sp³-hybridized carbons (Fsp3) is 0.396. The van der Waals surface area contributed by atoms with Crippen LogP contribution >= 0.6 is 0 Å². The van der Waals surface area contributed by atoms with Gasteiger partial charge in [-0.3, -0.25) is 29.5 Å². The van der Waals surface area contributed by atoms with Gasteiger partial charge in [-0.15, -0.1) is 0 Å². The minimum Gasteiger partial charge on any atom is -0.384 e. The second kappa shape index (κ2) is 17.7. The Hall–Kier alpha value is -6.12. The molecule has 3 amide bonds. The lowest BCUT2D eigenvalue weighted by molar-refractivity contribution is -0.133. The molecule has 0 bridgehead atoms. The van der Waals surface area contributed by atoms with Crippen molar-refractivity contribution < 1.29 is 18.8 Å². The molecule has 4 N–H and O–H groups in total. The quantitative estimate of drug-likeness (QED) is 0.147. The molecule has 7 heterocycles. The van der Waals surface area contributed by atoms with Crippen LogP contribution in [0.15, 0.2) is 79.1 Å². The van der Waals surface area contributed by atoms with Crippen molar-refractivity contribution in [1.29, 1.82) is 0 Å². The van der Waals surface area contributed by atoms with Gasteiger partial charge in [-0.1, -0.05) is 12.1 Å². The van der Waals surface area contributed by atoms with Gasteiger partial charge in [0.2, 0.25) is 11.8 Å². The first-order chi connectivity index (χ1) is 30.1. The molecule has 0 radical (unpaired) electrons. The normalized spacial score (nSPS) is 19.5. The second-order valence-electron chi connectivity index (χ2n) is 17.3. The summed E-state index contributed by atoms with van der Waals surface area (Å²) in [5, 5.41) is 6.50. The van der Waals surface area contributed by atoms with Gasteiger partial charge in [-0.2, -0.15) is 0 Å². The van der Waals surface area contributed by atoms with Crippen LogP contribution in [0.25, 0.3) is 27.7 Å². The number of fused-ring (bicyclic) bond motifs is 1. The number of carbonyl (C=O) groups excluding carboxylic acids is 3. The first-order valence-corrected chi connectivity index (χ1v) is 21.9. The van der Waals surface area contributed by atoms with Gasteiger partial charge in [0.05, 0.1) is 5.69 Å². The monoisotopic (exact) mass is 838 g/mol. The lowest BCUT2D eigenvalue weighted by atomic mass is 9.93. The standard InChI is InChI=1S/C48H55FN10O3/c1-31-25-34(3-6-38(31)33-14-17-56(18-15-33)30-37-27-40-39(11-16-51-46(40)55(37)2)35-4-9-44(50)52-28-35)48(62)59-19-12-32(13-20-59)29-57-21-23-58(24-22-57)43-8-5-36(26-41(43)49)53-42-7-10-45(60)54-47(42)61/h3-6,8-9,11,14,16,25-28,32,42,53H,7,10,12-13,15,17-24,29-30H2,1-2H3,(H2,50,52)(H,54,60,61). The molecule has 4 aliphatic heterocycles. The number of anilines is 3. The van der Waals surface area contributed by atoms with Gasteiger partial charge in [-0.25, -0.2) is 14.4 Å². The van der Waals surface area contributed by atoms with Crippen molar-refractivity contribution in [3.05, 3.63) is 107 Å². The Morgan fingerprint density at radius 1 is 0.887 bits per heavy atom. The predicted molar refractivity (Wildman–Crippen MR) is 241 cm³/mol. The van der Waals surface area contributed by atoms with E-state index in [2.05, 4.69) is 73.1 Å². The van der Waals surface area contributed by atoms with Crippen LogP contribution in [0.1, 0.15) is 59.3 Å². The van der Waals surface area contributed by atoms with E-state index in [1.807, 2.05) is 41.6 Å². The minimum absolute atomic E-state index is 0.108. The van der Waals surface area contributed by atoms with Gasteiger partial charge in [-0.05, 0) is 115 Å². The van der Waals surface area contributed by atoms with Crippen LogP contribution in [0.4, 0.5) is 21.6 Å². The van der Waals surface area contributed by atoms with Crippen molar-refractivity contribution in [1.82, 2.24) is 34.6 Å². The summed E-state index contributed by atoms with van der Waals surface area (Å²) in [6.45, 7) is 10.4. The van der Waals surface area contributed by atoms with Crippen molar-refractivity contribution in [2.24, 2.45) is 13.0 Å². The van der Waals surface area contributed by atoms with Crippen molar-refractivity contribution in [3.63, 3.8) is 0 Å². The van der Waals surface area contributed by atoms with Gasteiger partial charge in [0.1, 0.15) is 23.3 Å². The number of imide groups is 1. The average molecular weight is 839 g/mol. The number of piperazine rings is 1. The molecule has 1 unspecified atom stereocenters. The van der Waals surface area contributed by atoms with Crippen molar-refractivity contribution in [3.8, 4) is 11.1 Å². The summed E-state index contributed by atoms with van der Waals surface area (Å²) in [6.07, 6.45) is 9.55. The number of hydrogen-bond acceptors (Lipinski definition) is 10. The summed E-state index contributed by atoms with van der Waals surface area (Å²) in [4.78, 5) is 55.3. The molecule has 5 aromatic rings. The van der Waals surface area contributed by atoms with Crippen LogP contribution in [0.3, 0.4) is 0 Å². The van der Waals surface area contributed by atoms with Crippen LogP contribution in [-0.2, 0) is 23.2 Å². The first kappa shape index (κ1) is 41.2. The number of nitrogens with one attached hydrogen (secondary N) is 2. The Morgan fingerprint density at radius 3 is 2.42 bits per heavy atom. The van der Waals surface area contributed by atoms with Gasteiger partial charge < -0.3 is 25.4 Å². The Bertz CT molecular complexity index is 2520. The molecule has 2 aromatic carbocycles. The van der Waals surface area contributed by atoms with Crippen LogP contribution in [0, 0.1) is 18.7 Å². The highest BCUT2D eigenvalue weighted by atomic mass is 19.1. The van der Waals surface area contributed by atoms with E-state index in [0.717, 1.165) is 118 Å². The van der Waals surface area contributed by atoms with Gasteiger partial charge in [0, 0.05) is 119 Å². The molecular formula is C48H55FN10O3. The number of nitrogen functional groups attached to an aromatic ring is 1. The van der Waals surface area contributed by atoms with Crippen molar-refractivity contribution in [2.75, 3.05) is 74.9 Å². The maximum absolute atomic E-state index is 15.2. The number of pyridine rings is 2. The number of piperidine rings is 2. The summed E-state index contributed by atoms with van der Waals surface area (Å²) in [6, 6.07) is 18.8. The average Bonchev–Trinajstić information content (AvgIpc) is 3.60. The molecule has 3 saturated heterocycles. The van der Waals surface area contributed by atoms with Crippen LogP contribution in [0.2, 0.25) is 0 Å². The van der Waals surface area contributed by atoms with E-state index in [0.29, 0.717) is 29.5 Å². The Kier molecular flexibility index (Phi) is 11.8. The van der Waals surface area contributed by atoms with E-state index in [1.54, 1.807) is 12.1 Å². The SMILES string of the molecule is Cc1cc(C(=O)N2CCC(CN3CCN(c4ccc(NC5CCC(=O)NC5=O)cc4F)CC3)CC2)ccc1C1=CCN(Cc2cc3c(-c4ccc(N)nc4)ccnc3n2C)CC1. The van der Waals surface area contributed by atoms with Crippen LogP contribution in [0.5, 0.6) is 0 Å². The van der Waals surface area contributed by atoms with Crippen molar-refractivity contribution in [2.45, 2.75) is 51.6 Å². The van der Waals surface area contributed by atoms with Gasteiger partial charge in [0.25, 0.3) is 5.91 Å². The van der Waals surface area contributed by atoms with E-state index in [4.69, 9.17) is 10.7 Å². The highest BCUT2D eigenvalue weighted by Crippen LogP contribution is 2.32. The van der Waals surface area contributed by atoms with Crippen LogP contribution < -0.4 is 21.3 Å². The Balaban J connectivity index is 0.734. The number of hydrogen-bond donors (Lipinski definition) is 3. The molecule has 0 aliphatic carbocycles. The number of nitrogens with two attached hydrogens (primary N) is 1. The van der Waals surface area contributed by atoms with Crippen molar-refractivity contribution >= 4 is 51.5 Å². The smallest absolute Gasteiger partial charge is 0.253 e. The number of benzene rings is 2. The number of halogens is 1. The summed E-state index contributed by atoms with van der Waals surface area (Å²) >= 11 is 0. The highest BCUT2D eigenvalue weighted by Gasteiger charge is 2.29. The zero-order valence-electron chi connectivity index (χ0n) is 35.6. The summed E-state index contributed by atoms with van der Waals surface area (Å²) in [7, 11) is 2.08. The molecule has 0 spiro atoms.